The Kier molecular flexibility index (Phi) is 5.74. The van der Waals surface area contributed by atoms with Crippen LogP contribution in [0.5, 0.6) is 5.75 Å². The molecule has 0 radical (unpaired) electrons. The highest BCUT2D eigenvalue weighted by Gasteiger charge is 2.17. The number of benzene rings is 2. The Morgan fingerprint density at radius 3 is 2.87 bits per heavy atom. The number of thiazole rings is 1. The average molecular weight is 442 g/mol. The van der Waals surface area contributed by atoms with E-state index in [1.54, 1.807) is 25.6 Å². The first-order valence-electron chi connectivity index (χ1n) is 9.30. The van der Waals surface area contributed by atoms with Gasteiger partial charge in [-0.05, 0) is 42.8 Å². The van der Waals surface area contributed by atoms with Gasteiger partial charge in [0.1, 0.15) is 17.4 Å². The van der Waals surface area contributed by atoms with Crippen LogP contribution in [-0.4, -0.2) is 27.6 Å². The standard InChI is InChI=1S/C22H20ClN3O3S/c1-13-20(30-22(25-13)16-6-5-15(23)9-19(16)28-3)10-21(27)29-11-14-4-7-18-17(8-14)24-12-26(18)2/h4-9,12H,10-11H2,1-3H3. The van der Waals surface area contributed by atoms with Crippen LogP contribution in [-0.2, 0) is 29.6 Å². The number of halogens is 1. The van der Waals surface area contributed by atoms with Gasteiger partial charge in [-0.25, -0.2) is 9.97 Å². The molecule has 0 aliphatic rings. The summed E-state index contributed by atoms with van der Waals surface area (Å²) in [4.78, 5) is 22.2. The summed E-state index contributed by atoms with van der Waals surface area (Å²) >= 11 is 7.50. The number of carbonyl (C=O) groups excluding carboxylic acids is 1. The van der Waals surface area contributed by atoms with E-state index in [1.165, 1.54) is 11.3 Å². The van der Waals surface area contributed by atoms with E-state index in [9.17, 15) is 4.79 Å². The van der Waals surface area contributed by atoms with E-state index in [-0.39, 0.29) is 19.0 Å². The number of ether oxygens (including phenoxy) is 2. The molecule has 0 aliphatic carbocycles. The molecule has 2 aromatic carbocycles. The lowest BCUT2D eigenvalue weighted by Gasteiger charge is -2.06. The predicted octanol–water partition coefficient (Wildman–Crippen LogP) is 4.95. The highest BCUT2D eigenvalue weighted by molar-refractivity contribution is 7.15. The molecule has 0 saturated carbocycles. The molecule has 0 aliphatic heterocycles. The number of hydrogen-bond acceptors (Lipinski definition) is 6. The van der Waals surface area contributed by atoms with Crippen molar-refractivity contribution in [3.63, 3.8) is 0 Å². The van der Waals surface area contributed by atoms with E-state index in [1.807, 2.05) is 42.8 Å². The number of methoxy groups -OCH3 is 1. The molecule has 0 fully saturated rings. The molecule has 0 unspecified atom stereocenters. The fourth-order valence-corrected chi connectivity index (χ4v) is 4.41. The van der Waals surface area contributed by atoms with Gasteiger partial charge in [-0.15, -0.1) is 11.3 Å². The number of rotatable bonds is 6. The molecule has 0 atom stereocenters. The van der Waals surface area contributed by atoms with Crippen LogP contribution >= 0.6 is 22.9 Å². The molecular formula is C22H20ClN3O3S. The summed E-state index contributed by atoms with van der Waals surface area (Å²) in [7, 11) is 3.54. The third kappa shape index (κ3) is 4.17. The molecule has 0 spiro atoms. The maximum absolute atomic E-state index is 12.4. The summed E-state index contributed by atoms with van der Waals surface area (Å²) in [5.41, 5.74) is 4.47. The number of aryl methyl sites for hydroxylation is 2. The van der Waals surface area contributed by atoms with E-state index in [0.29, 0.717) is 10.8 Å². The Morgan fingerprint density at radius 1 is 1.23 bits per heavy atom. The normalized spacial score (nSPS) is 11.1. The molecule has 4 rings (SSSR count). The zero-order valence-corrected chi connectivity index (χ0v) is 18.4. The first-order chi connectivity index (χ1) is 14.4. The largest absolute Gasteiger partial charge is 0.496 e. The van der Waals surface area contributed by atoms with Crippen LogP contribution in [0.4, 0.5) is 0 Å². The second-order valence-corrected chi connectivity index (χ2v) is 8.41. The van der Waals surface area contributed by atoms with E-state index in [2.05, 4.69) is 9.97 Å². The highest BCUT2D eigenvalue weighted by Crippen LogP contribution is 2.36. The number of carbonyl (C=O) groups is 1. The van der Waals surface area contributed by atoms with Gasteiger partial charge < -0.3 is 14.0 Å². The van der Waals surface area contributed by atoms with Gasteiger partial charge in [-0.3, -0.25) is 4.79 Å². The third-order valence-corrected chi connectivity index (χ3v) is 6.21. The molecule has 0 bridgehead atoms. The Bertz CT molecular complexity index is 1230. The van der Waals surface area contributed by atoms with Crippen LogP contribution < -0.4 is 4.74 Å². The van der Waals surface area contributed by atoms with Crippen molar-refractivity contribution in [2.75, 3.05) is 7.11 Å². The van der Waals surface area contributed by atoms with Gasteiger partial charge in [0.15, 0.2) is 0 Å². The van der Waals surface area contributed by atoms with Crippen LogP contribution in [0, 0.1) is 6.92 Å². The monoisotopic (exact) mass is 441 g/mol. The zero-order valence-electron chi connectivity index (χ0n) is 16.8. The predicted molar refractivity (Wildman–Crippen MR) is 118 cm³/mol. The van der Waals surface area contributed by atoms with Crippen molar-refractivity contribution in [2.24, 2.45) is 7.05 Å². The van der Waals surface area contributed by atoms with Crippen molar-refractivity contribution in [3.05, 3.63) is 63.9 Å². The lowest BCUT2D eigenvalue weighted by atomic mass is 10.2. The minimum Gasteiger partial charge on any atom is -0.496 e. The summed E-state index contributed by atoms with van der Waals surface area (Å²) in [6, 6.07) is 11.3. The highest BCUT2D eigenvalue weighted by atomic mass is 35.5. The van der Waals surface area contributed by atoms with Gasteiger partial charge in [0.25, 0.3) is 0 Å². The summed E-state index contributed by atoms with van der Waals surface area (Å²) in [6.07, 6.45) is 1.94. The van der Waals surface area contributed by atoms with E-state index in [0.717, 1.165) is 37.7 Å². The van der Waals surface area contributed by atoms with Gasteiger partial charge in [0.05, 0.1) is 42.1 Å². The fraction of sp³-hybridized carbons (Fsp3) is 0.227. The van der Waals surface area contributed by atoms with Crippen LogP contribution in [0.2, 0.25) is 5.02 Å². The third-order valence-electron chi connectivity index (χ3n) is 4.78. The lowest BCUT2D eigenvalue weighted by molar-refractivity contribution is -0.144. The molecule has 30 heavy (non-hydrogen) atoms. The molecular weight excluding hydrogens is 422 g/mol. The van der Waals surface area contributed by atoms with Crippen molar-refractivity contribution < 1.29 is 14.3 Å². The average Bonchev–Trinajstić information content (AvgIpc) is 3.28. The summed E-state index contributed by atoms with van der Waals surface area (Å²) in [5, 5.41) is 1.38. The maximum Gasteiger partial charge on any atom is 0.311 e. The summed E-state index contributed by atoms with van der Waals surface area (Å²) < 4.78 is 12.8. The second-order valence-electron chi connectivity index (χ2n) is 6.89. The molecule has 4 aromatic rings. The molecule has 0 saturated heterocycles. The van der Waals surface area contributed by atoms with E-state index < -0.39 is 0 Å². The fourth-order valence-electron chi connectivity index (χ4n) is 3.17. The van der Waals surface area contributed by atoms with Gasteiger partial charge in [-0.2, -0.15) is 0 Å². The number of fused-ring (bicyclic) bond motifs is 1. The van der Waals surface area contributed by atoms with Crippen molar-refractivity contribution in [1.29, 1.82) is 0 Å². The number of imidazole rings is 1. The van der Waals surface area contributed by atoms with Crippen molar-refractivity contribution in [1.82, 2.24) is 14.5 Å². The van der Waals surface area contributed by atoms with Gasteiger partial charge in [0.2, 0.25) is 0 Å². The molecule has 2 heterocycles. The number of esters is 1. The smallest absolute Gasteiger partial charge is 0.311 e. The van der Waals surface area contributed by atoms with E-state index in [4.69, 9.17) is 21.1 Å². The molecule has 154 valence electrons. The lowest BCUT2D eigenvalue weighted by Crippen LogP contribution is -2.07. The van der Waals surface area contributed by atoms with Gasteiger partial charge in [-0.1, -0.05) is 17.7 Å². The Labute approximate surface area is 183 Å². The molecule has 0 N–H and O–H groups in total. The van der Waals surface area contributed by atoms with E-state index >= 15 is 0 Å². The zero-order chi connectivity index (χ0) is 21.3. The minimum absolute atomic E-state index is 0.172. The topological polar surface area (TPSA) is 66.2 Å². The second kappa shape index (κ2) is 8.45. The first kappa shape index (κ1) is 20.4. The molecule has 6 nitrogen and oxygen atoms in total. The molecule has 8 heteroatoms. The van der Waals surface area contributed by atoms with Crippen LogP contribution in [0.1, 0.15) is 16.1 Å². The van der Waals surface area contributed by atoms with Gasteiger partial charge >= 0.3 is 5.97 Å². The number of hydrogen-bond donors (Lipinski definition) is 0. The number of aromatic nitrogens is 3. The van der Waals surface area contributed by atoms with Crippen molar-refractivity contribution in [3.8, 4) is 16.3 Å². The minimum atomic E-state index is -0.294. The Morgan fingerprint density at radius 2 is 2.07 bits per heavy atom. The van der Waals surface area contributed by atoms with Gasteiger partial charge in [0, 0.05) is 16.9 Å². The Hall–Kier alpha value is -2.90. The maximum atomic E-state index is 12.4. The quantitative estimate of drug-likeness (QED) is 0.396. The SMILES string of the molecule is COc1cc(Cl)ccc1-c1nc(C)c(CC(=O)OCc2ccc3c(c2)ncn3C)s1. The van der Waals surface area contributed by atoms with Crippen molar-refractivity contribution >= 4 is 39.9 Å². The van der Waals surface area contributed by atoms with Crippen LogP contribution in [0.25, 0.3) is 21.6 Å². The number of nitrogens with zero attached hydrogens (tertiary/aromatic N) is 3. The summed E-state index contributed by atoms with van der Waals surface area (Å²) in [5.74, 6) is 0.354. The summed E-state index contributed by atoms with van der Waals surface area (Å²) in [6.45, 7) is 2.10. The van der Waals surface area contributed by atoms with Crippen molar-refractivity contribution in [2.45, 2.75) is 20.0 Å². The molecule has 2 aromatic heterocycles. The molecule has 0 amide bonds. The Balaban J connectivity index is 1.44. The van der Waals surface area contributed by atoms with Crippen LogP contribution in [0.3, 0.4) is 0 Å². The van der Waals surface area contributed by atoms with Crippen LogP contribution in [0.15, 0.2) is 42.7 Å². The first-order valence-corrected chi connectivity index (χ1v) is 10.5.